The largest absolute Gasteiger partial charge is 0.481 e. The van der Waals surface area contributed by atoms with Crippen molar-refractivity contribution in [1.29, 1.82) is 0 Å². The van der Waals surface area contributed by atoms with E-state index in [0.717, 1.165) is 11.1 Å². The van der Waals surface area contributed by atoms with Gasteiger partial charge in [-0.25, -0.2) is 4.79 Å². The summed E-state index contributed by atoms with van der Waals surface area (Å²) in [4.78, 5) is 36.1. The van der Waals surface area contributed by atoms with Crippen LogP contribution in [0.15, 0.2) is 48.5 Å². The monoisotopic (exact) mass is 450 g/mol. The molecule has 0 unspecified atom stereocenters. The summed E-state index contributed by atoms with van der Waals surface area (Å²) in [6, 6.07) is 16.2. The maximum absolute atomic E-state index is 12.5. The van der Waals surface area contributed by atoms with E-state index < -0.39 is 17.5 Å². The number of carbonyl (C=O) groups excluding carboxylic acids is 2. The highest BCUT2D eigenvalue weighted by Crippen LogP contribution is 2.44. The fourth-order valence-corrected chi connectivity index (χ4v) is 4.69. The van der Waals surface area contributed by atoms with E-state index in [9.17, 15) is 19.5 Å². The fraction of sp³-hybridized carbons (Fsp3) is 0.423. The number of amides is 2. The van der Waals surface area contributed by atoms with Crippen LogP contribution >= 0.6 is 0 Å². The van der Waals surface area contributed by atoms with Gasteiger partial charge in [0, 0.05) is 24.4 Å². The van der Waals surface area contributed by atoms with Crippen molar-refractivity contribution in [3.8, 4) is 11.1 Å². The minimum Gasteiger partial charge on any atom is -0.481 e. The molecular weight excluding hydrogens is 420 g/mol. The van der Waals surface area contributed by atoms with Gasteiger partial charge < -0.3 is 20.5 Å². The van der Waals surface area contributed by atoms with E-state index in [1.807, 2.05) is 24.3 Å². The molecule has 0 spiro atoms. The molecular formula is C26H30N2O5. The van der Waals surface area contributed by atoms with Gasteiger partial charge in [0.15, 0.2) is 0 Å². The molecule has 2 amide bonds. The molecule has 2 aliphatic rings. The zero-order valence-electron chi connectivity index (χ0n) is 19.0. The van der Waals surface area contributed by atoms with E-state index in [1.165, 1.54) is 11.1 Å². The molecule has 0 saturated heterocycles. The molecule has 1 saturated carbocycles. The predicted molar refractivity (Wildman–Crippen MR) is 124 cm³/mol. The van der Waals surface area contributed by atoms with Crippen molar-refractivity contribution in [3.63, 3.8) is 0 Å². The van der Waals surface area contributed by atoms with Crippen LogP contribution in [0.5, 0.6) is 0 Å². The molecule has 1 fully saturated rings. The maximum Gasteiger partial charge on any atom is 0.407 e. The summed E-state index contributed by atoms with van der Waals surface area (Å²) in [5.41, 5.74) is 3.66. The van der Waals surface area contributed by atoms with Crippen molar-refractivity contribution in [2.75, 3.05) is 13.2 Å². The molecule has 7 heteroatoms. The highest BCUT2D eigenvalue weighted by atomic mass is 16.5. The van der Waals surface area contributed by atoms with Gasteiger partial charge >= 0.3 is 12.1 Å². The number of benzene rings is 2. The Labute approximate surface area is 193 Å². The zero-order valence-corrected chi connectivity index (χ0v) is 19.0. The summed E-state index contributed by atoms with van der Waals surface area (Å²) in [5, 5.41) is 14.8. The average molecular weight is 451 g/mol. The number of aliphatic carboxylic acids is 1. The van der Waals surface area contributed by atoms with Crippen LogP contribution in [0.4, 0.5) is 4.79 Å². The summed E-state index contributed by atoms with van der Waals surface area (Å²) in [6.45, 7) is 3.47. The molecule has 174 valence electrons. The number of carbonyl (C=O) groups is 3. The van der Waals surface area contributed by atoms with Gasteiger partial charge in [0.25, 0.3) is 0 Å². The van der Waals surface area contributed by atoms with Gasteiger partial charge in [0.1, 0.15) is 6.61 Å². The van der Waals surface area contributed by atoms with Crippen molar-refractivity contribution >= 4 is 18.0 Å². The van der Waals surface area contributed by atoms with Crippen LogP contribution in [-0.4, -0.2) is 42.3 Å². The van der Waals surface area contributed by atoms with Crippen LogP contribution in [0.3, 0.4) is 0 Å². The number of hydrogen-bond donors (Lipinski definition) is 3. The Morgan fingerprint density at radius 1 is 1.00 bits per heavy atom. The quantitative estimate of drug-likeness (QED) is 0.593. The summed E-state index contributed by atoms with van der Waals surface area (Å²) in [6.07, 6.45) is 1.37. The number of hydrogen-bond acceptors (Lipinski definition) is 4. The third-order valence-electron chi connectivity index (χ3n) is 6.75. The molecule has 4 rings (SSSR count). The minimum absolute atomic E-state index is 0.00263. The highest BCUT2D eigenvalue weighted by Gasteiger charge is 2.34. The first kappa shape index (κ1) is 22.8. The molecule has 0 radical (unpaired) electrons. The van der Waals surface area contributed by atoms with Gasteiger partial charge in [-0.2, -0.15) is 0 Å². The second kappa shape index (κ2) is 9.25. The molecule has 0 aliphatic heterocycles. The fourth-order valence-electron chi connectivity index (χ4n) is 4.69. The van der Waals surface area contributed by atoms with Crippen LogP contribution in [0.2, 0.25) is 0 Å². The summed E-state index contributed by atoms with van der Waals surface area (Å²) in [7, 11) is 0. The minimum atomic E-state index is -1.02. The van der Waals surface area contributed by atoms with Crippen molar-refractivity contribution in [2.45, 2.75) is 45.1 Å². The number of carboxylic acid groups (broad SMARTS) is 1. The number of alkyl carbamates (subject to hydrolysis) is 1. The van der Waals surface area contributed by atoms with Crippen LogP contribution in [0, 0.1) is 11.3 Å². The SMILES string of the molecule is CC(C)(CNC(=O)[C@H]1CC[C@@H](NC(=O)OCC2c3ccccc3-c3ccccc32)C1)C(=O)O. The average Bonchev–Trinajstić information content (AvgIpc) is 3.39. The Balaban J connectivity index is 1.28. The van der Waals surface area contributed by atoms with Gasteiger partial charge in [0.2, 0.25) is 5.91 Å². The van der Waals surface area contributed by atoms with Gasteiger partial charge in [-0.15, -0.1) is 0 Å². The van der Waals surface area contributed by atoms with E-state index in [0.29, 0.717) is 19.3 Å². The predicted octanol–water partition coefficient (Wildman–Crippen LogP) is 3.92. The van der Waals surface area contributed by atoms with Gasteiger partial charge in [0.05, 0.1) is 5.41 Å². The molecule has 2 aliphatic carbocycles. The highest BCUT2D eigenvalue weighted by molar-refractivity contribution is 5.81. The molecule has 7 nitrogen and oxygen atoms in total. The van der Waals surface area contributed by atoms with E-state index in [1.54, 1.807) is 13.8 Å². The lowest BCUT2D eigenvalue weighted by Gasteiger charge is -2.21. The number of rotatable bonds is 7. The lowest BCUT2D eigenvalue weighted by atomic mass is 9.93. The molecule has 0 aromatic heterocycles. The van der Waals surface area contributed by atoms with E-state index in [-0.39, 0.29) is 36.9 Å². The summed E-state index contributed by atoms with van der Waals surface area (Å²) in [5.74, 6) is -1.36. The van der Waals surface area contributed by atoms with E-state index in [4.69, 9.17) is 4.74 Å². The third kappa shape index (κ3) is 4.87. The first-order chi connectivity index (χ1) is 15.8. The topological polar surface area (TPSA) is 105 Å². The Morgan fingerprint density at radius 2 is 1.61 bits per heavy atom. The number of fused-ring (bicyclic) bond motifs is 3. The Morgan fingerprint density at radius 3 is 2.21 bits per heavy atom. The molecule has 0 heterocycles. The van der Waals surface area contributed by atoms with E-state index >= 15 is 0 Å². The first-order valence-electron chi connectivity index (χ1n) is 11.4. The van der Waals surface area contributed by atoms with Crippen LogP contribution in [0.1, 0.15) is 50.2 Å². The first-order valence-corrected chi connectivity index (χ1v) is 11.4. The second-order valence-corrected chi connectivity index (χ2v) is 9.58. The van der Waals surface area contributed by atoms with Gasteiger partial charge in [-0.3, -0.25) is 9.59 Å². The van der Waals surface area contributed by atoms with E-state index in [2.05, 4.69) is 34.9 Å². The Bertz CT molecular complexity index is 1020. The molecule has 2 atom stereocenters. The molecule has 33 heavy (non-hydrogen) atoms. The number of nitrogens with one attached hydrogen (secondary N) is 2. The smallest absolute Gasteiger partial charge is 0.407 e. The molecule has 0 bridgehead atoms. The zero-order chi connectivity index (χ0) is 23.6. The van der Waals surface area contributed by atoms with Crippen LogP contribution < -0.4 is 10.6 Å². The normalized spacial score (nSPS) is 19.5. The van der Waals surface area contributed by atoms with Crippen LogP contribution in [-0.2, 0) is 14.3 Å². The third-order valence-corrected chi connectivity index (χ3v) is 6.75. The summed E-state index contributed by atoms with van der Waals surface area (Å²) < 4.78 is 5.60. The second-order valence-electron chi connectivity index (χ2n) is 9.58. The Hall–Kier alpha value is -3.35. The molecule has 2 aromatic rings. The molecule has 3 N–H and O–H groups in total. The van der Waals surface area contributed by atoms with Crippen molar-refractivity contribution < 1.29 is 24.2 Å². The van der Waals surface area contributed by atoms with Crippen molar-refractivity contribution in [3.05, 3.63) is 59.7 Å². The van der Waals surface area contributed by atoms with Gasteiger partial charge in [-0.05, 0) is 55.4 Å². The van der Waals surface area contributed by atoms with Gasteiger partial charge in [-0.1, -0.05) is 48.5 Å². The number of ether oxygens (including phenoxy) is 1. The lowest BCUT2D eigenvalue weighted by molar-refractivity contribution is -0.146. The number of carboxylic acids is 1. The van der Waals surface area contributed by atoms with Crippen molar-refractivity contribution in [1.82, 2.24) is 10.6 Å². The Kier molecular flexibility index (Phi) is 6.40. The standard InChI is InChI=1S/C26H30N2O5/c1-26(2,24(30)31)15-27-23(29)16-11-12-17(13-16)28-25(32)33-14-22-20-9-5-3-7-18(20)19-8-4-6-10-21(19)22/h3-10,16-17,22H,11-15H2,1-2H3,(H,27,29)(H,28,32)(H,30,31)/t16-,17+/m0/s1. The summed E-state index contributed by atoms with van der Waals surface area (Å²) >= 11 is 0. The molecule has 2 aromatic carbocycles. The van der Waals surface area contributed by atoms with Crippen molar-refractivity contribution in [2.24, 2.45) is 11.3 Å². The lowest BCUT2D eigenvalue weighted by Crippen LogP contribution is -2.41. The van der Waals surface area contributed by atoms with Crippen LogP contribution in [0.25, 0.3) is 11.1 Å². The maximum atomic E-state index is 12.5.